The fraction of sp³-hybridized carbons (Fsp3) is 0.0556. The molecule has 3 aromatic rings. The zero-order valence-electron chi connectivity index (χ0n) is 13.8. The summed E-state index contributed by atoms with van der Waals surface area (Å²) < 4.78 is 18.3. The van der Waals surface area contributed by atoms with Gasteiger partial charge in [0.2, 0.25) is 0 Å². The summed E-state index contributed by atoms with van der Waals surface area (Å²) in [5.74, 6) is -2.27. The molecular formula is C18H13FN4O4. The predicted octanol–water partition coefficient (Wildman–Crippen LogP) is 2.27. The Bertz CT molecular complexity index is 1020. The fourth-order valence-corrected chi connectivity index (χ4v) is 2.18. The molecule has 2 aromatic carbocycles. The standard InChI is InChI=1S/C18H13FN4O4/c19-12-3-1-2-4-13(12)22-18(26)23-16(24)10-27-17(25)11-5-6-14-15(9-11)21-8-7-20-14/h1-9H,10H2,(H2,22,23,24,26). The van der Waals surface area contributed by atoms with Crippen LogP contribution in [0.15, 0.2) is 54.9 Å². The van der Waals surface area contributed by atoms with Gasteiger partial charge in [-0.05, 0) is 30.3 Å². The van der Waals surface area contributed by atoms with Crippen molar-refractivity contribution in [3.8, 4) is 0 Å². The molecule has 0 saturated heterocycles. The molecular weight excluding hydrogens is 355 g/mol. The first kappa shape index (κ1) is 17.9. The number of urea groups is 1. The number of rotatable bonds is 4. The number of nitrogens with one attached hydrogen (secondary N) is 2. The Morgan fingerprint density at radius 2 is 1.74 bits per heavy atom. The Morgan fingerprint density at radius 3 is 2.52 bits per heavy atom. The number of hydrogen-bond acceptors (Lipinski definition) is 6. The monoisotopic (exact) mass is 368 g/mol. The van der Waals surface area contributed by atoms with Crippen LogP contribution in [0.2, 0.25) is 0 Å². The third-order valence-corrected chi connectivity index (χ3v) is 3.41. The van der Waals surface area contributed by atoms with Crippen LogP contribution < -0.4 is 10.6 Å². The van der Waals surface area contributed by atoms with Crippen LogP contribution in [-0.2, 0) is 9.53 Å². The summed E-state index contributed by atoms with van der Waals surface area (Å²) in [6, 6.07) is 9.10. The highest BCUT2D eigenvalue weighted by Gasteiger charge is 2.14. The molecule has 3 amide bonds. The van der Waals surface area contributed by atoms with Crippen molar-refractivity contribution in [3.05, 3.63) is 66.2 Å². The van der Waals surface area contributed by atoms with Crippen LogP contribution in [0, 0.1) is 5.82 Å². The number of nitrogens with zero attached hydrogens (tertiary/aromatic N) is 2. The fourth-order valence-electron chi connectivity index (χ4n) is 2.18. The summed E-state index contributed by atoms with van der Waals surface area (Å²) in [5.41, 5.74) is 1.21. The molecule has 0 unspecified atom stereocenters. The SMILES string of the molecule is O=C(COC(=O)c1ccc2nccnc2c1)NC(=O)Nc1ccccc1F. The second-order valence-corrected chi connectivity index (χ2v) is 5.32. The van der Waals surface area contributed by atoms with Gasteiger partial charge in [-0.3, -0.25) is 20.1 Å². The highest BCUT2D eigenvalue weighted by molar-refractivity contribution is 6.02. The van der Waals surface area contributed by atoms with Crippen LogP contribution >= 0.6 is 0 Å². The molecule has 0 aliphatic rings. The summed E-state index contributed by atoms with van der Waals surface area (Å²) >= 11 is 0. The summed E-state index contributed by atoms with van der Waals surface area (Å²) in [5, 5.41) is 4.12. The second-order valence-electron chi connectivity index (χ2n) is 5.32. The number of carbonyl (C=O) groups excluding carboxylic acids is 3. The highest BCUT2D eigenvalue weighted by atomic mass is 19.1. The Hall–Kier alpha value is -3.88. The minimum absolute atomic E-state index is 0.0860. The molecule has 27 heavy (non-hydrogen) atoms. The number of anilines is 1. The van der Waals surface area contributed by atoms with Crippen LogP contribution in [0.1, 0.15) is 10.4 Å². The third-order valence-electron chi connectivity index (χ3n) is 3.41. The van der Waals surface area contributed by atoms with Crippen molar-refractivity contribution in [1.29, 1.82) is 0 Å². The summed E-state index contributed by atoms with van der Waals surface area (Å²) in [7, 11) is 0. The van der Waals surface area contributed by atoms with E-state index in [9.17, 15) is 18.8 Å². The molecule has 0 aliphatic heterocycles. The number of esters is 1. The summed E-state index contributed by atoms with van der Waals surface area (Å²) in [4.78, 5) is 43.5. The maximum atomic E-state index is 13.4. The number of carbonyl (C=O) groups is 3. The van der Waals surface area contributed by atoms with E-state index < -0.39 is 30.3 Å². The third kappa shape index (κ3) is 4.60. The molecule has 1 aromatic heterocycles. The number of fused-ring (bicyclic) bond motifs is 1. The molecule has 0 radical (unpaired) electrons. The van der Waals surface area contributed by atoms with Gasteiger partial charge >= 0.3 is 12.0 Å². The molecule has 1 heterocycles. The van der Waals surface area contributed by atoms with Crippen molar-refractivity contribution in [1.82, 2.24) is 15.3 Å². The molecule has 0 saturated carbocycles. The number of halogens is 1. The first-order valence-corrected chi connectivity index (χ1v) is 7.76. The highest BCUT2D eigenvalue weighted by Crippen LogP contribution is 2.12. The van der Waals surface area contributed by atoms with Gasteiger partial charge in [0.05, 0.1) is 22.3 Å². The number of benzene rings is 2. The Labute approximate surface area is 152 Å². The first-order chi connectivity index (χ1) is 13.0. The van der Waals surface area contributed by atoms with E-state index in [-0.39, 0.29) is 11.3 Å². The maximum Gasteiger partial charge on any atom is 0.338 e. The zero-order chi connectivity index (χ0) is 19.2. The maximum absolute atomic E-state index is 13.4. The Kier molecular flexibility index (Phi) is 5.31. The molecule has 0 fully saturated rings. The van der Waals surface area contributed by atoms with Crippen molar-refractivity contribution < 1.29 is 23.5 Å². The van der Waals surface area contributed by atoms with E-state index in [2.05, 4.69) is 15.3 Å². The Balaban J connectivity index is 1.52. The van der Waals surface area contributed by atoms with E-state index in [0.29, 0.717) is 11.0 Å². The van der Waals surface area contributed by atoms with Crippen LogP contribution in [-0.4, -0.2) is 34.5 Å². The van der Waals surface area contributed by atoms with Gasteiger partial charge in [0.1, 0.15) is 5.82 Å². The first-order valence-electron chi connectivity index (χ1n) is 7.76. The summed E-state index contributed by atoms with van der Waals surface area (Å²) in [6.45, 7) is -0.679. The molecule has 2 N–H and O–H groups in total. The van der Waals surface area contributed by atoms with Crippen molar-refractivity contribution in [2.24, 2.45) is 0 Å². The molecule has 8 nitrogen and oxygen atoms in total. The normalized spacial score (nSPS) is 10.3. The number of aromatic nitrogens is 2. The average molecular weight is 368 g/mol. The van der Waals surface area contributed by atoms with Crippen molar-refractivity contribution in [2.75, 3.05) is 11.9 Å². The van der Waals surface area contributed by atoms with Crippen molar-refractivity contribution in [3.63, 3.8) is 0 Å². The van der Waals surface area contributed by atoms with E-state index in [1.54, 1.807) is 6.07 Å². The lowest BCUT2D eigenvalue weighted by Gasteiger charge is -2.08. The topological polar surface area (TPSA) is 110 Å². The van der Waals surface area contributed by atoms with E-state index in [1.165, 1.54) is 42.7 Å². The van der Waals surface area contributed by atoms with Gasteiger partial charge in [0, 0.05) is 12.4 Å². The lowest BCUT2D eigenvalue weighted by atomic mass is 10.2. The van der Waals surface area contributed by atoms with E-state index in [1.807, 2.05) is 5.32 Å². The molecule has 0 atom stereocenters. The van der Waals surface area contributed by atoms with Crippen molar-refractivity contribution >= 4 is 34.6 Å². The number of amides is 3. The number of ether oxygens (including phenoxy) is 1. The smallest absolute Gasteiger partial charge is 0.338 e. The zero-order valence-corrected chi connectivity index (χ0v) is 13.8. The molecule has 136 valence electrons. The van der Waals surface area contributed by atoms with Gasteiger partial charge < -0.3 is 10.1 Å². The minimum Gasteiger partial charge on any atom is -0.452 e. The van der Waals surface area contributed by atoms with Gasteiger partial charge in [-0.25, -0.2) is 14.0 Å². The second kappa shape index (κ2) is 8.00. The number of imide groups is 1. The molecule has 0 aliphatic carbocycles. The van der Waals surface area contributed by atoms with Gasteiger partial charge in [-0.1, -0.05) is 12.1 Å². The predicted molar refractivity (Wildman–Crippen MR) is 93.4 cm³/mol. The molecule has 3 rings (SSSR count). The average Bonchev–Trinajstić information content (AvgIpc) is 2.67. The molecule has 0 spiro atoms. The van der Waals surface area contributed by atoms with E-state index in [0.717, 1.165) is 6.07 Å². The minimum atomic E-state index is -0.942. The quantitative estimate of drug-likeness (QED) is 0.684. The van der Waals surface area contributed by atoms with Gasteiger partial charge in [-0.2, -0.15) is 0 Å². The Morgan fingerprint density at radius 1 is 1.00 bits per heavy atom. The van der Waals surface area contributed by atoms with E-state index >= 15 is 0 Å². The summed E-state index contributed by atoms with van der Waals surface area (Å²) in [6.07, 6.45) is 3.01. The number of hydrogen-bond donors (Lipinski definition) is 2. The molecule has 9 heteroatoms. The van der Waals surface area contributed by atoms with E-state index in [4.69, 9.17) is 4.74 Å². The van der Waals surface area contributed by atoms with Crippen molar-refractivity contribution in [2.45, 2.75) is 0 Å². The van der Waals surface area contributed by atoms with Crippen LogP contribution in [0.5, 0.6) is 0 Å². The van der Waals surface area contributed by atoms with Gasteiger partial charge in [0.25, 0.3) is 5.91 Å². The van der Waals surface area contributed by atoms with Crippen LogP contribution in [0.25, 0.3) is 11.0 Å². The van der Waals surface area contributed by atoms with Crippen LogP contribution in [0.3, 0.4) is 0 Å². The van der Waals surface area contributed by atoms with Gasteiger partial charge in [-0.15, -0.1) is 0 Å². The lowest BCUT2D eigenvalue weighted by molar-refractivity contribution is -0.123. The number of para-hydroxylation sites is 1. The van der Waals surface area contributed by atoms with Crippen LogP contribution in [0.4, 0.5) is 14.9 Å². The lowest BCUT2D eigenvalue weighted by Crippen LogP contribution is -2.37. The largest absolute Gasteiger partial charge is 0.452 e. The van der Waals surface area contributed by atoms with Gasteiger partial charge in [0.15, 0.2) is 6.61 Å². The molecule has 0 bridgehead atoms.